The maximum absolute atomic E-state index is 13.0. The van der Waals surface area contributed by atoms with Crippen LogP contribution in [0.4, 0.5) is 0 Å². The Morgan fingerprint density at radius 2 is 1.52 bits per heavy atom. The van der Waals surface area contributed by atoms with E-state index in [1.165, 1.54) is 0 Å². The molecule has 176 valence electrons. The molecule has 2 amide bonds. The minimum atomic E-state index is -0.131. The van der Waals surface area contributed by atoms with Crippen LogP contribution in [0.2, 0.25) is 0 Å². The van der Waals surface area contributed by atoms with E-state index in [-0.39, 0.29) is 40.1 Å². The summed E-state index contributed by atoms with van der Waals surface area (Å²) in [5, 5.41) is 6.49. The number of pyridine rings is 2. The number of carbonyl (C=O) groups is 2. The number of amides is 2. The number of hydrogen-bond acceptors (Lipinski definition) is 4. The summed E-state index contributed by atoms with van der Waals surface area (Å²) in [5.74, 6) is -0.0640. The molecule has 33 heavy (non-hydrogen) atoms. The van der Waals surface area contributed by atoms with E-state index in [1.54, 1.807) is 30.7 Å². The normalized spacial score (nSPS) is 18.4. The fourth-order valence-electron chi connectivity index (χ4n) is 4.61. The molecule has 6 heteroatoms. The molecule has 2 aromatic heterocycles. The highest BCUT2D eigenvalue weighted by Gasteiger charge is 2.53. The van der Waals surface area contributed by atoms with Gasteiger partial charge in [-0.25, -0.2) is 0 Å². The second kappa shape index (κ2) is 7.93. The van der Waals surface area contributed by atoms with E-state index in [1.807, 2.05) is 6.07 Å². The first kappa shape index (κ1) is 23.4. The smallest absolute Gasteiger partial charge is 0.251 e. The number of hydrogen-bond donors (Lipinski definition) is 2. The van der Waals surface area contributed by atoms with Gasteiger partial charge in [-0.15, -0.1) is 0 Å². The number of aromatic nitrogens is 2. The van der Waals surface area contributed by atoms with Crippen molar-refractivity contribution in [3.8, 4) is 11.3 Å². The monoisotopic (exact) mass is 448 g/mol. The Bertz CT molecular complexity index is 1070. The van der Waals surface area contributed by atoms with Gasteiger partial charge in [0.1, 0.15) is 0 Å². The molecule has 0 saturated heterocycles. The van der Waals surface area contributed by atoms with Gasteiger partial charge in [0.2, 0.25) is 5.91 Å². The summed E-state index contributed by atoms with van der Waals surface area (Å²) in [6.07, 6.45) is 9.42. The summed E-state index contributed by atoms with van der Waals surface area (Å²) >= 11 is 0. The molecule has 0 radical (unpaired) electrons. The molecule has 0 spiro atoms. The number of carbonyl (C=O) groups excluding carboxylic acids is 2. The lowest BCUT2D eigenvalue weighted by molar-refractivity contribution is -0.122. The van der Waals surface area contributed by atoms with E-state index in [2.05, 4.69) is 62.1 Å². The van der Waals surface area contributed by atoms with Gasteiger partial charge in [0.05, 0.1) is 12.1 Å². The van der Waals surface area contributed by atoms with Gasteiger partial charge in [0, 0.05) is 40.8 Å². The van der Waals surface area contributed by atoms with Gasteiger partial charge in [-0.05, 0) is 60.3 Å². The number of nitrogens with zero attached hydrogens (tertiary/aromatic N) is 2. The lowest BCUT2D eigenvalue weighted by Gasteiger charge is -2.31. The molecular formula is C27H36N4O2. The van der Waals surface area contributed by atoms with Crippen molar-refractivity contribution in [3.63, 3.8) is 0 Å². The van der Waals surface area contributed by atoms with Crippen molar-refractivity contribution >= 4 is 11.8 Å². The van der Waals surface area contributed by atoms with Crippen molar-refractivity contribution in [2.75, 3.05) is 0 Å². The summed E-state index contributed by atoms with van der Waals surface area (Å²) in [5.41, 5.74) is 2.72. The number of nitrogens with one attached hydrogen (secondary N) is 2. The highest BCUT2D eigenvalue weighted by molar-refractivity contribution is 5.96. The lowest BCUT2D eigenvalue weighted by Crippen LogP contribution is -2.46. The molecule has 2 fully saturated rings. The molecular weight excluding hydrogens is 412 g/mol. The second-order valence-corrected chi connectivity index (χ2v) is 11.9. The van der Waals surface area contributed by atoms with Crippen LogP contribution in [0.15, 0.2) is 36.8 Å². The van der Waals surface area contributed by atoms with Crippen LogP contribution in [0.1, 0.15) is 83.1 Å². The van der Waals surface area contributed by atoms with E-state index in [4.69, 9.17) is 0 Å². The molecule has 0 aliphatic heterocycles. The van der Waals surface area contributed by atoms with Crippen molar-refractivity contribution in [1.82, 2.24) is 20.6 Å². The quantitative estimate of drug-likeness (QED) is 0.671. The van der Waals surface area contributed by atoms with Crippen LogP contribution in [0.25, 0.3) is 11.3 Å². The van der Waals surface area contributed by atoms with Crippen molar-refractivity contribution in [1.29, 1.82) is 0 Å². The Balaban J connectivity index is 1.47. The minimum absolute atomic E-state index is 0.0133. The van der Waals surface area contributed by atoms with Crippen LogP contribution in [0.3, 0.4) is 0 Å². The number of rotatable bonds is 6. The third-order valence-electron chi connectivity index (χ3n) is 7.58. The van der Waals surface area contributed by atoms with Gasteiger partial charge >= 0.3 is 0 Å². The van der Waals surface area contributed by atoms with Gasteiger partial charge in [0.15, 0.2) is 0 Å². The zero-order chi connectivity index (χ0) is 24.1. The highest BCUT2D eigenvalue weighted by atomic mass is 16.2. The highest BCUT2D eigenvalue weighted by Crippen LogP contribution is 2.50. The maximum Gasteiger partial charge on any atom is 0.251 e. The van der Waals surface area contributed by atoms with Crippen LogP contribution >= 0.6 is 0 Å². The molecule has 2 aliphatic carbocycles. The molecule has 0 unspecified atom stereocenters. The van der Waals surface area contributed by atoms with Crippen LogP contribution < -0.4 is 10.6 Å². The fraction of sp³-hybridized carbons (Fsp3) is 0.556. The van der Waals surface area contributed by atoms with Gasteiger partial charge in [-0.1, -0.05) is 41.5 Å². The molecule has 6 nitrogen and oxygen atoms in total. The zero-order valence-electron chi connectivity index (χ0n) is 20.7. The van der Waals surface area contributed by atoms with Crippen molar-refractivity contribution in [2.45, 2.75) is 84.7 Å². The van der Waals surface area contributed by atoms with E-state index in [9.17, 15) is 9.59 Å². The minimum Gasteiger partial charge on any atom is -0.350 e. The first-order valence-corrected chi connectivity index (χ1v) is 11.9. The van der Waals surface area contributed by atoms with Crippen LogP contribution in [0, 0.1) is 10.8 Å². The van der Waals surface area contributed by atoms with Gasteiger partial charge in [-0.2, -0.15) is 0 Å². The molecule has 2 heterocycles. The molecule has 4 rings (SSSR count). The first-order chi connectivity index (χ1) is 15.3. The standard InChI is InChI=1S/C27H36N4O2/c1-24(2,3)26(8-9-26)30-22(32)14-18-13-20(17-28-16-18)21-15-19(7-12-29-21)23(33)31-27(10-11-27)25(4,5)6/h7,12-13,15-17H,8-11,14H2,1-6H3,(H,30,32)(H,31,33). The molecule has 0 aromatic carbocycles. The second-order valence-electron chi connectivity index (χ2n) is 11.9. The van der Waals surface area contributed by atoms with E-state index in [0.717, 1.165) is 36.8 Å². The zero-order valence-corrected chi connectivity index (χ0v) is 20.7. The molecule has 2 aromatic rings. The SMILES string of the molecule is CC(C)(C)C1(NC(=O)Cc2cncc(-c3cc(C(=O)NC4(C(C)(C)C)CC4)ccn3)c2)CC1. The predicted molar refractivity (Wildman–Crippen MR) is 130 cm³/mol. The molecule has 0 atom stereocenters. The van der Waals surface area contributed by atoms with Crippen LogP contribution in [0.5, 0.6) is 0 Å². The Kier molecular flexibility index (Phi) is 5.62. The van der Waals surface area contributed by atoms with Crippen molar-refractivity contribution in [3.05, 3.63) is 47.9 Å². The Labute approximate surface area is 197 Å². The van der Waals surface area contributed by atoms with Crippen LogP contribution in [-0.4, -0.2) is 32.9 Å². The van der Waals surface area contributed by atoms with Crippen molar-refractivity contribution < 1.29 is 9.59 Å². The molecule has 0 bridgehead atoms. The van der Waals surface area contributed by atoms with E-state index < -0.39 is 0 Å². The van der Waals surface area contributed by atoms with E-state index >= 15 is 0 Å². The summed E-state index contributed by atoms with van der Waals surface area (Å²) in [6, 6.07) is 5.47. The summed E-state index contributed by atoms with van der Waals surface area (Å²) in [6.45, 7) is 13.0. The van der Waals surface area contributed by atoms with Crippen LogP contribution in [-0.2, 0) is 11.2 Å². The predicted octanol–water partition coefficient (Wildman–Crippen LogP) is 4.69. The van der Waals surface area contributed by atoms with Gasteiger partial charge in [0.25, 0.3) is 5.91 Å². The topological polar surface area (TPSA) is 84.0 Å². The lowest BCUT2D eigenvalue weighted by atomic mass is 9.84. The summed E-state index contributed by atoms with van der Waals surface area (Å²) in [7, 11) is 0. The molecule has 2 aliphatic rings. The summed E-state index contributed by atoms with van der Waals surface area (Å²) in [4.78, 5) is 34.5. The van der Waals surface area contributed by atoms with E-state index in [0.29, 0.717) is 11.3 Å². The Morgan fingerprint density at radius 3 is 2.09 bits per heavy atom. The van der Waals surface area contributed by atoms with Gasteiger partial charge in [-0.3, -0.25) is 19.6 Å². The molecule has 2 saturated carbocycles. The third kappa shape index (κ3) is 4.80. The maximum atomic E-state index is 13.0. The Hall–Kier alpha value is -2.76. The Morgan fingerprint density at radius 1 is 0.909 bits per heavy atom. The van der Waals surface area contributed by atoms with Crippen molar-refractivity contribution in [2.24, 2.45) is 10.8 Å². The average Bonchev–Trinajstić information content (AvgIpc) is 3.64. The largest absolute Gasteiger partial charge is 0.350 e. The summed E-state index contributed by atoms with van der Waals surface area (Å²) < 4.78 is 0. The van der Waals surface area contributed by atoms with Gasteiger partial charge < -0.3 is 10.6 Å². The molecule has 2 N–H and O–H groups in total. The average molecular weight is 449 g/mol. The third-order valence-corrected chi connectivity index (χ3v) is 7.58. The first-order valence-electron chi connectivity index (χ1n) is 11.9. The fourth-order valence-corrected chi connectivity index (χ4v) is 4.61.